The number of nitrogens with zero attached hydrogens (tertiary/aromatic N) is 1. The van der Waals surface area contributed by atoms with Crippen molar-refractivity contribution >= 4 is 7.60 Å². The Kier molecular flexibility index (Phi) is 4.36. The highest BCUT2D eigenvalue weighted by atomic mass is 31.2. The summed E-state index contributed by atoms with van der Waals surface area (Å²) in [4.78, 5) is 0. The maximum absolute atomic E-state index is 11.2. The molecule has 1 unspecified atom stereocenters. The predicted molar refractivity (Wildman–Crippen MR) is 41.3 cm³/mol. The van der Waals surface area contributed by atoms with Gasteiger partial charge in [-0.25, -0.2) is 0 Å². The molecule has 0 bridgehead atoms. The van der Waals surface area contributed by atoms with E-state index in [1.165, 1.54) is 6.66 Å². The van der Waals surface area contributed by atoms with E-state index in [4.69, 9.17) is 9.79 Å². The van der Waals surface area contributed by atoms with Gasteiger partial charge in [0.15, 0.2) is 0 Å². The number of hydrogen-bond donors (Lipinski definition) is 0. The van der Waals surface area contributed by atoms with Crippen molar-refractivity contribution in [3.05, 3.63) is 0 Å². The molecule has 0 aromatic rings. The zero-order valence-electron chi connectivity index (χ0n) is 6.90. The molecule has 0 heterocycles. The molecule has 0 rings (SSSR count). The molecule has 0 aliphatic heterocycles. The molecule has 0 aliphatic rings. The summed E-state index contributed by atoms with van der Waals surface area (Å²) in [7, 11) is -2.99. The Bertz CT molecular complexity index is 196. The van der Waals surface area contributed by atoms with Gasteiger partial charge in [-0.05, 0) is 13.8 Å². The van der Waals surface area contributed by atoms with Gasteiger partial charge in [-0.2, -0.15) is 5.26 Å². The van der Waals surface area contributed by atoms with Crippen molar-refractivity contribution in [1.29, 1.82) is 5.26 Å². The van der Waals surface area contributed by atoms with Crippen LogP contribution in [0.25, 0.3) is 0 Å². The summed E-state index contributed by atoms with van der Waals surface area (Å²) in [5, 5.41) is 8.11. The maximum Gasteiger partial charge on any atom is 0.328 e. The molecule has 0 spiro atoms. The lowest BCUT2D eigenvalue weighted by atomic mass is 10.5. The summed E-state index contributed by atoms with van der Waals surface area (Å²) in [6.45, 7) is 4.67. The van der Waals surface area contributed by atoms with Gasteiger partial charge in [0.05, 0.1) is 12.2 Å². The molecule has 0 saturated carbocycles. The van der Waals surface area contributed by atoms with Crippen molar-refractivity contribution in [1.82, 2.24) is 0 Å². The number of hydrogen-bond acceptors (Lipinski definition) is 4. The summed E-state index contributed by atoms with van der Waals surface area (Å²) in [6.07, 6.45) is -0.149. The van der Waals surface area contributed by atoms with Crippen LogP contribution in [-0.4, -0.2) is 19.4 Å². The lowest BCUT2D eigenvalue weighted by Crippen LogP contribution is -2.02. The third-order valence-electron chi connectivity index (χ3n) is 0.766. The molecule has 0 fully saturated rings. The smallest absolute Gasteiger partial charge is 0.306 e. The van der Waals surface area contributed by atoms with Crippen molar-refractivity contribution in [3.63, 3.8) is 0 Å². The SMILES string of the molecule is CC(C)OP(C)(=O)OCC#N. The fourth-order valence-electron chi connectivity index (χ4n) is 0.560. The fraction of sp³-hybridized carbons (Fsp3) is 0.833. The summed E-state index contributed by atoms with van der Waals surface area (Å²) < 4.78 is 20.8. The first-order chi connectivity index (χ1) is 4.98. The van der Waals surface area contributed by atoms with E-state index in [0.29, 0.717) is 0 Å². The normalized spacial score (nSPS) is 15.9. The Balaban J connectivity index is 3.83. The average Bonchev–Trinajstić information content (AvgIpc) is 1.81. The quantitative estimate of drug-likeness (QED) is 0.614. The van der Waals surface area contributed by atoms with E-state index in [1.54, 1.807) is 19.9 Å². The Morgan fingerprint density at radius 3 is 2.55 bits per heavy atom. The van der Waals surface area contributed by atoms with Crippen LogP contribution < -0.4 is 0 Å². The van der Waals surface area contributed by atoms with Crippen molar-refractivity contribution in [2.75, 3.05) is 13.3 Å². The van der Waals surface area contributed by atoms with Crippen LogP contribution in [0.4, 0.5) is 0 Å². The fourth-order valence-corrected chi connectivity index (χ4v) is 1.68. The third kappa shape index (κ3) is 6.05. The topological polar surface area (TPSA) is 59.3 Å². The highest BCUT2D eigenvalue weighted by Crippen LogP contribution is 2.44. The van der Waals surface area contributed by atoms with E-state index in [9.17, 15) is 4.57 Å². The van der Waals surface area contributed by atoms with E-state index in [-0.39, 0.29) is 12.7 Å². The van der Waals surface area contributed by atoms with Crippen LogP contribution in [0.5, 0.6) is 0 Å². The molecule has 11 heavy (non-hydrogen) atoms. The molecule has 5 heteroatoms. The highest BCUT2D eigenvalue weighted by Gasteiger charge is 2.17. The van der Waals surface area contributed by atoms with Gasteiger partial charge in [0.25, 0.3) is 0 Å². The second-order valence-corrected chi connectivity index (χ2v) is 4.37. The highest BCUT2D eigenvalue weighted by molar-refractivity contribution is 7.53. The molecule has 1 atom stereocenters. The molecule has 0 N–H and O–H groups in total. The van der Waals surface area contributed by atoms with E-state index < -0.39 is 7.60 Å². The van der Waals surface area contributed by atoms with E-state index in [2.05, 4.69) is 4.52 Å². The molecule has 0 aliphatic carbocycles. The summed E-state index contributed by atoms with van der Waals surface area (Å²) in [6, 6.07) is 1.72. The van der Waals surface area contributed by atoms with E-state index in [1.807, 2.05) is 0 Å². The monoisotopic (exact) mass is 177 g/mol. The van der Waals surface area contributed by atoms with Crippen LogP contribution in [0.3, 0.4) is 0 Å². The van der Waals surface area contributed by atoms with Gasteiger partial charge >= 0.3 is 7.60 Å². The Morgan fingerprint density at radius 2 is 2.18 bits per heavy atom. The van der Waals surface area contributed by atoms with Crippen LogP contribution in [0, 0.1) is 11.3 Å². The minimum Gasteiger partial charge on any atom is -0.306 e. The lowest BCUT2D eigenvalue weighted by molar-refractivity contribution is 0.183. The third-order valence-corrected chi connectivity index (χ3v) is 2.17. The van der Waals surface area contributed by atoms with Crippen LogP contribution in [0.1, 0.15) is 13.8 Å². The van der Waals surface area contributed by atoms with Gasteiger partial charge in [-0.15, -0.1) is 0 Å². The second kappa shape index (κ2) is 4.50. The Labute approximate surface area is 66.6 Å². The van der Waals surface area contributed by atoms with Crippen molar-refractivity contribution in [3.8, 4) is 6.07 Å². The molecular formula is C6H12NO3P. The van der Waals surface area contributed by atoms with Crippen LogP contribution >= 0.6 is 7.60 Å². The van der Waals surface area contributed by atoms with Gasteiger partial charge in [0.2, 0.25) is 0 Å². The first-order valence-electron chi connectivity index (χ1n) is 3.25. The zero-order chi connectivity index (χ0) is 8.91. The molecule has 0 aromatic heterocycles. The zero-order valence-corrected chi connectivity index (χ0v) is 7.80. The van der Waals surface area contributed by atoms with Crippen molar-refractivity contribution < 1.29 is 13.6 Å². The summed E-state index contributed by atoms with van der Waals surface area (Å²) >= 11 is 0. The molecule has 4 nitrogen and oxygen atoms in total. The summed E-state index contributed by atoms with van der Waals surface area (Å²) in [5.41, 5.74) is 0. The van der Waals surface area contributed by atoms with Crippen LogP contribution in [0.2, 0.25) is 0 Å². The average molecular weight is 177 g/mol. The largest absolute Gasteiger partial charge is 0.328 e. The lowest BCUT2D eigenvalue weighted by Gasteiger charge is -2.14. The maximum atomic E-state index is 11.2. The standard InChI is InChI=1S/C6H12NO3P/c1-6(2)10-11(3,8)9-5-4-7/h6H,5H2,1-3H3. The second-order valence-electron chi connectivity index (χ2n) is 2.36. The number of nitriles is 1. The number of rotatable bonds is 4. The van der Waals surface area contributed by atoms with Gasteiger partial charge in [-0.1, -0.05) is 0 Å². The minimum absolute atomic E-state index is 0.149. The van der Waals surface area contributed by atoms with Gasteiger partial charge in [0, 0.05) is 6.66 Å². The van der Waals surface area contributed by atoms with Gasteiger partial charge < -0.3 is 4.52 Å². The molecule has 0 saturated heterocycles. The van der Waals surface area contributed by atoms with Gasteiger partial charge in [-0.3, -0.25) is 9.09 Å². The van der Waals surface area contributed by atoms with E-state index >= 15 is 0 Å². The molecule has 0 radical (unpaired) electrons. The molecular weight excluding hydrogens is 165 g/mol. The molecule has 0 aromatic carbocycles. The first-order valence-corrected chi connectivity index (χ1v) is 5.24. The van der Waals surface area contributed by atoms with Crippen LogP contribution in [0.15, 0.2) is 0 Å². The molecule has 64 valence electrons. The van der Waals surface area contributed by atoms with Gasteiger partial charge in [0.1, 0.15) is 6.61 Å². The predicted octanol–water partition coefficient (Wildman–Crippen LogP) is 1.77. The molecule has 0 amide bonds. The Morgan fingerprint density at radius 1 is 1.64 bits per heavy atom. The summed E-state index contributed by atoms with van der Waals surface area (Å²) in [5.74, 6) is 0. The van der Waals surface area contributed by atoms with Crippen LogP contribution in [-0.2, 0) is 13.6 Å². The minimum atomic E-state index is -2.99. The van der Waals surface area contributed by atoms with E-state index in [0.717, 1.165) is 0 Å². The first kappa shape index (κ1) is 10.6. The van der Waals surface area contributed by atoms with Crippen molar-refractivity contribution in [2.24, 2.45) is 0 Å². The van der Waals surface area contributed by atoms with Crippen molar-refractivity contribution in [2.45, 2.75) is 20.0 Å². The Hall–Kier alpha value is -0.360.